The van der Waals surface area contributed by atoms with Crippen LogP contribution in [0.1, 0.15) is 37.1 Å². The van der Waals surface area contributed by atoms with Crippen molar-refractivity contribution in [2.45, 2.75) is 37.1 Å². The molecule has 0 saturated heterocycles. The smallest absolute Gasteiger partial charge is 0.0157 e. The molecule has 1 aliphatic heterocycles. The molecule has 0 N–H and O–H groups in total. The maximum atomic E-state index is 2.14. The lowest BCUT2D eigenvalue weighted by Gasteiger charge is -1.88. The third-order valence-corrected chi connectivity index (χ3v) is 1.35. The van der Waals surface area contributed by atoms with Gasteiger partial charge in [-0.05, 0) is 5.41 Å². The monoisotopic (exact) mass is 178 g/mol. The number of hydrogen-bond acceptors (Lipinski definition) is 1. The molecule has 0 amide bonds. The van der Waals surface area contributed by atoms with Gasteiger partial charge in [-0.15, -0.1) is 11.8 Å². The van der Waals surface area contributed by atoms with Crippen LogP contribution in [0, 0.1) is 0 Å². The summed E-state index contributed by atoms with van der Waals surface area (Å²) >= 11 is 1.83. The highest BCUT2D eigenvalue weighted by molar-refractivity contribution is 8.02. The third kappa shape index (κ3) is 17.7. The van der Waals surface area contributed by atoms with E-state index in [0.29, 0.717) is 0 Å². The highest BCUT2D eigenvalue weighted by Crippen LogP contribution is 2.05. The van der Waals surface area contributed by atoms with Gasteiger partial charge in [0, 0.05) is 5.75 Å². The van der Waals surface area contributed by atoms with Gasteiger partial charge in [-0.3, -0.25) is 0 Å². The van der Waals surface area contributed by atoms with Crippen LogP contribution in [-0.4, -0.2) is 5.75 Å². The first kappa shape index (κ1) is 30.8. The lowest BCUT2D eigenvalue weighted by molar-refractivity contribution is 1.74. The Morgan fingerprint density at radius 2 is 1.36 bits per heavy atom. The van der Waals surface area contributed by atoms with Crippen molar-refractivity contribution in [3.63, 3.8) is 0 Å². The zero-order chi connectivity index (χ0) is 4.24. The van der Waals surface area contributed by atoms with E-state index in [2.05, 4.69) is 17.6 Å². The zero-order valence-corrected chi connectivity index (χ0v) is 4.24. The van der Waals surface area contributed by atoms with Crippen molar-refractivity contribution in [3.05, 3.63) is 23.6 Å². The molecule has 0 aromatic carbocycles. The first-order valence-corrected chi connectivity index (χ1v) is 2.98. The second kappa shape index (κ2) is 22.5. The molecule has 1 aliphatic rings. The molecule has 11 heavy (non-hydrogen) atoms. The van der Waals surface area contributed by atoms with Crippen molar-refractivity contribution in [1.82, 2.24) is 0 Å². The second-order valence-corrected chi connectivity index (χ2v) is 2.03. The Morgan fingerprint density at radius 3 is 1.45 bits per heavy atom. The molecule has 0 aromatic rings. The summed E-state index contributed by atoms with van der Waals surface area (Å²) in [5.41, 5.74) is 0. The van der Waals surface area contributed by atoms with E-state index in [-0.39, 0.29) is 37.1 Å². The van der Waals surface area contributed by atoms with E-state index in [4.69, 9.17) is 0 Å². The van der Waals surface area contributed by atoms with Crippen LogP contribution in [0.3, 0.4) is 0 Å². The van der Waals surface area contributed by atoms with Crippen molar-refractivity contribution < 1.29 is 0 Å². The molecule has 1 heterocycles. The van der Waals surface area contributed by atoms with Gasteiger partial charge in [0.2, 0.25) is 0 Å². The van der Waals surface area contributed by atoms with Crippen LogP contribution < -0.4 is 0 Å². The normalized spacial score (nSPS) is 10.2. The van der Waals surface area contributed by atoms with Crippen molar-refractivity contribution >= 4 is 11.8 Å². The lowest BCUT2D eigenvalue weighted by Crippen LogP contribution is -1.67. The van der Waals surface area contributed by atoms with Crippen LogP contribution in [-0.2, 0) is 0 Å². The summed E-state index contributed by atoms with van der Waals surface area (Å²) in [5.74, 6) is 1.15. The Kier molecular flexibility index (Phi) is 63.1. The minimum Gasteiger partial charge on any atom is -0.130 e. The Labute approximate surface area is 78.8 Å². The fraction of sp³-hybridized carbons (Fsp3) is 0.600. The topological polar surface area (TPSA) is 0 Å². The highest BCUT2D eigenvalue weighted by atomic mass is 32.2. The molecule has 0 atom stereocenters. The predicted molar refractivity (Wildman–Crippen MR) is 64.4 cm³/mol. The van der Waals surface area contributed by atoms with E-state index in [1.807, 2.05) is 17.8 Å². The average Bonchev–Trinajstić information content (AvgIpc) is 1.72. The Morgan fingerprint density at radius 1 is 0.818 bits per heavy atom. The molecule has 0 aliphatic carbocycles. The van der Waals surface area contributed by atoms with Crippen molar-refractivity contribution in [3.8, 4) is 0 Å². The molecule has 0 bridgehead atoms. The molecule has 0 saturated carbocycles. The van der Waals surface area contributed by atoms with Crippen molar-refractivity contribution in [2.24, 2.45) is 0 Å². The molecule has 0 fully saturated rings. The number of hydrogen-bond donors (Lipinski definition) is 0. The molecule has 72 valence electrons. The Hall–Kier alpha value is -0.170. The quantitative estimate of drug-likeness (QED) is 0.504. The minimum absolute atomic E-state index is 0. The zero-order valence-electron chi connectivity index (χ0n) is 3.42. The molecule has 0 spiro atoms. The molecule has 1 heteroatoms. The van der Waals surface area contributed by atoms with Gasteiger partial charge in [0.25, 0.3) is 0 Å². The van der Waals surface area contributed by atoms with Gasteiger partial charge in [0.05, 0.1) is 0 Å². The summed E-state index contributed by atoms with van der Waals surface area (Å²) in [7, 11) is 0. The van der Waals surface area contributed by atoms with Crippen LogP contribution in [0.25, 0.3) is 0 Å². The van der Waals surface area contributed by atoms with Crippen LogP contribution in [0.2, 0.25) is 0 Å². The lowest BCUT2D eigenvalue weighted by atomic mass is 10.5. The second-order valence-electron chi connectivity index (χ2n) is 1.09. The van der Waals surface area contributed by atoms with E-state index < -0.39 is 0 Å². The molecule has 0 nitrogen and oxygen atoms in total. The van der Waals surface area contributed by atoms with Gasteiger partial charge in [0.1, 0.15) is 0 Å². The van der Waals surface area contributed by atoms with Gasteiger partial charge in [-0.1, -0.05) is 55.4 Å². The Bertz CT molecular complexity index is 70.9. The van der Waals surface area contributed by atoms with E-state index in [1.54, 1.807) is 0 Å². The Balaban J connectivity index is -0.0000000240. The predicted octanol–water partition coefficient (Wildman–Crippen LogP) is 4.98. The fourth-order valence-corrected chi connectivity index (χ4v) is 0.881. The summed E-state index contributed by atoms with van der Waals surface area (Å²) in [6, 6.07) is 0. The number of thioether (sulfide) groups is 1. The largest absolute Gasteiger partial charge is 0.130 e. The van der Waals surface area contributed by atoms with E-state index >= 15 is 0 Å². The van der Waals surface area contributed by atoms with Crippen LogP contribution in [0.5, 0.6) is 0 Å². The van der Waals surface area contributed by atoms with Gasteiger partial charge < -0.3 is 0 Å². The van der Waals surface area contributed by atoms with Crippen LogP contribution in [0.15, 0.2) is 23.6 Å². The maximum absolute atomic E-state index is 2.14. The van der Waals surface area contributed by atoms with Crippen LogP contribution >= 0.6 is 11.8 Å². The summed E-state index contributed by atoms with van der Waals surface area (Å²) < 4.78 is 0. The van der Waals surface area contributed by atoms with E-state index in [9.17, 15) is 0 Å². The molecule has 1 rings (SSSR count). The SMILES string of the molecule is C.C.C.C.C.C1=CCSC=C1. The van der Waals surface area contributed by atoms with Gasteiger partial charge in [0.15, 0.2) is 0 Å². The summed E-state index contributed by atoms with van der Waals surface area (Å²) in [6.07, 6.45) is 6.26. The standard InChI is InChI=1S/C5H6S.5CH4/c1-2-4-6-5-3-1;;;;;/h1-4H,5H2;5*1H4. The molecule has 0 aromatic heterocycles. The van der Waals surface area contributed by atoms with Gasteiger partial charge in [-0.25, -0.2) is 0 Å². The van der Waals surface area contributed by atoms with Crippen LogP contribution in [0.4, 0.5) is 0 Å². The van der Waals surface area contributed by atoms with E-state index in [0.717, 1.165) is 5.75 Å². The van der Waals surface area contributed by atoms with Crippen molar-refractivity contribution in [2.75, 3.05) is 5.75 Å². The fourth-order valence-electron chi connectivity index (χ4n) is 0.346. The summed E-state index contributed by atoms with van der Waals surface area (Å²) in [5, 5.41) is 2.10. The molecule has 0 unspecified atom stereocenters. The van der Waals surface area contributed by atoms with Crippen molar-refractivity contribution in [1.29, 1.82) is 0 Å². The first-order chi connectivity index (χ1) is 3.00. The summed E-state index contributed by atoms with van der Waals surface area (Å²) in [6.45, 7) is 0. The number of allylic oxidation sites excluding steroid dienone is 2. The van der Waals surface area contributed by atoms with Gasteiger partial charge >= 0.3 is 0 Å². The average molecular weight is 178 g/mol. The molecule has 0 radical (unpaired) electrons. The minimum atomic E-state index is 0. The molecular weight excluding hydrogens is 152 g/mol. The highest BCUT2D eigenvalue weighted by Gasteiger charge is 1.77. The maximum Gasteiger partial charge on any atom is 0.0157 e. The first-order valence-electron chi connectivity index (χ1n) is 1.93. The van der Waals surface area contributed by atoms with Gasteiger partial charge in [-0.2, -0.15) is 0 Å². The third-order valence-electron chi connectivity index (χ3n) is 0.614. The van der Waals surface area contributed by atoms with E-state index in [1.165, 1.54) is 0 Å². The molecular formula is C10H26S. The number of rotatable bonds is 0. The summed E-state index contributed by atoms with van der Waals surface area (Å²) in [4.78, 5) is 0.